The van der Waals surface area contributed by atoms with Gasteiger partial charge >= 0.3 is 0 Å². The molecule has 0 saturated carbocycles. The summed E-state index contributed by atoms with van der Waals surface area (Å²) in [6.45, 7) is 5.62. The van der Waals surface area contributed by atoms with Crippen molar-refractivity contribution in [1.82, 2.24) is 10.6 Å². The van der Waals surface area contributed by atoms with Gasteiger partial charge in [0.25, 0.3) is 0 Å². The van der Waals surface area contributed by atoms with Crippen molar-refractivity contribution in [3.8, 4) is 11.5 Å². The van der Waals surface area contributed by atoms with Crippen LogP contribution in [0.15, 0.2) is 53.5 Å². The van der Waals surface area contributed by atoms with Gasteiger partial charge in [-0.1, -0.05) is 30.3 Å². The molecule has 0 spiro atoms. The Labute approximate surface area is 166 Å². The molecule has 28 heavy (non-hydrogen) atoms. The van der Waals surface area contributed by atoms with E-state index in [9.17, 15) is 4.79 Å². The number of benzene rings is 2. The van der Waals surface area contributed by atoms with Gasteiger partial charge in [0.2, 0.25) is 5.91 Å². The fourth-order valence-electron chi connectivity index (χ4n) is 2.47. The second-order valence-corrected chi connectivity index (χ2v) is 5.88. The number of nitrogens with zero attached hydrogens (tertiary/aromatic N) is 1. The number of aliphatic imine (C=N–C) groups is 1. The van der Waals surface area contributed by atoms with Gasteiger partial charge in [-0.15, -0.1) is 0 Å². The smallest absolute Gasteiger partial charge is 0.242 e. The first-order valence-corrected chi connectivity index (χ1v) is 9.33. The molecule has 2 aromatic carbocycles. The fourth-order valence-corrected chi connectivity index (χ4v) is 2.47. The van der Waals surface area contributed by atoms with Crippen LogP contribution < -0.4 is 25.4 Å². The van der Waals surface area contributed by atoms with Crippen LogP contribution in [0, 0.1) is 0 Å². The first-order valence-electron chi connectivity index (χ1n) is 9.33. The molecule has 0 aromatic heterocycles. The van der Waals surface area contributed by atoms with Gasteiger partial charge in [0.1, 0.15) is 6.54 Å². The molecule has 2 rings (SSSR count). The minimum atomic E-state index is -0.148. The first kappa shape index (κ1) is 21.1. The number of carbonyl (C=O) groups excluding carboxylic acids is 1. The van der Waals surface area contributed by atoms with Gasteiger partial charge < -0.3 is 25.4 Å². The van der Waals surface area contributed by atoms with Gasteiger partial charge in [-0.05, 0) is 31.5 Å². The van der Waals surface area contributed by atoms with Crippen LogP contribution in [0.4, 0.5) is 5.69 Å². The number of anilines is 1. The van der Waals surface area contributed by atoms with E-state index in [0.717, 1.165) is 11.3 Å². The monoisotopic (exact) mass is 384 g/mol. The molecule has 0 aliphatic rings. The van der Waals surface area contributed by atoms with E-state index >= 15 is 0 Å². The van der Waals surface area contributed by atoms with E-state index in [2.05, 4.69) is 20.9 Å². The highest BCUT2D eigenvalue weighted by Crippen LogP contribution is 2.30. The molecule has 0 heterocycles. The average molecular weight is 384 g/mol. The Morgan fingerprint density at radius 1 is 1.04 bits per heavy atom. The summed E-state index contributed by atoms with van der Waals surface area (Å²) in [6, 6.07) is 15.3. The van der Waals surface area contributed by atoms with Crippen LogP contribution >= 0.6 is 0 Å². The Morgan fingerprint density at radius 3 is 2.50 bits per heavy atom. The van der Waals surface area contributed by atoms with Crippen molar-refractivity contribution in [3.05, 3.63) is 54.1 Å². The molecule has 7 nitrogen and oxygen atoms in total. The van der Waals surface area contributed by atoms with Crippen LogP contribution in [-0.4, -0.2) is 38.7 Å². The zero-order chi connectivity index (χ0) is 20.2. The van der Waals surface area contributed by atoms with Gasteiger partial charge in [0.15, 0.2) is 17.5 Å². The maximum atomic E-state index is 12.1. The van der Waals surface area contributed by atoms with Crippen molar-refractivity contribution < 1.29 is 14.3 Å². The second kappa shape index (κ2) is 11.5. The molecule has 150 valence electrons. The lowest BCUT2D eigenvalue weighted by Crippen LogP contribution is -2.33. The van der Waals surface area contributed by atoms with Crippen LogP contribution in [0.3, 0.4) is 0 Å². The third-order valence-electron chi connectivity index (χ3n) is 3.78. The Balaban J connectivity index is 1.96. The topological polar surface area (TPSA) is 84.0 Å². The van der Waals surface area contributed by atoms with Gasteiger partial charge in [-0.2, -0.15) is 0 Å². The molecule has 0 fully saturated rings. The van der Waals surface area contributed by atoms with Crippen molar-refractivity contribution in [3.63, 3.8) is 0 Å². The van der Waals surface area contributed by atoms with Crippen molar-refractivity contribution in [2.75, 3.05) is 32.1 Å². The third-order valence-corrected chi connectivity index (χ3v) is 3.78. The number of nitrogens with one attached hydrogen (secondary N) is 3. The lowest BCUT2D eigenvalue weighted by atomic mass is 10.2. The van der Waals surface area contributed by atoms with Crippen molar-refractivity contribution in [2.24, 2.45) is 4.99 Å². The van der Waals surface area contributed by atoms with Crippen LogP contribution in [0.1, 0.15) is 19.4 Å². The molecule has 0 bridgehead atoms. The zero-order valence-corrected chi connectivity index (χ0v) is 16.6. The number of carbonyl (C=O) groups is 1. The summed E-state index contributed by atoms with van der Waals surface area (Å²) in [7, 11) is 1.60. The Kier molecular flexibility index (Phi) is 8.65. The first-order chi connectivity index (χ1) is 13.7. The Hall–Kier alpha value is -3.22. The standard InChI is InChI=1S/C21H28N4O3/c1-4-22-21(24-15-20(26)23-14-16-9-7-6-8-10-16)25-17-11-12-18(28-5-2)19(13-17)27-3/h6-13H,4-5,14-15H2,1-3H3,(H,23,26)(H2,22,24,25). The molecule has 0 atom stereocenters. The van der Waals surface area contributed by atoms with Gasteiger partial charge in [0, 0.05) is 24.8 Å². The number of ether oxygens (including phenoxy) is 2. The maximum Gasteiger partial charge on any atom is 0.242 e. The maximum absolute atomic E-state index is 12.1. The lowest BCUT2D eigenvalue weighted by molar-refractivity contribution is -0.119. The zero-order valence-electron chi connectivity index (χ0n) is 16.6. The predicted octanol–water partition coefficient (Wildman–Crippen LogP) is 2.79. The molecule has 0 unspecified atom stereocenters. The molecular weight excluding hydrogens is 356 g/mol. The van der Waals surface area contributed by atoms with Gasteiger partial charge in [0.05, 0.1) is 13.7 Å². The number of amides is 1. The highest BCUT2D eigenvalue weighted by atomic mass is 16.5. The molecule has 0 aliphatic carbocycles. The summed E-state index contributed by atoms with van der Waals surface area (Å²) in [4.78, 5) is 16.4. The largest absolute Gasteiger partial charge is 0.493 e. The molecule has 1 amide bonds. The molecule has 7 heteroatoms. The van der Waals surface area contributed by atoms with Crippen molar-refractivity contribution in [1.29, 1.82) is 0 Å². The molecule has 0 saturated heterocycles. The second-order valence-electron chi connectivity index (χ2n) is 5.88. The highest BCUT2D eigenvalue weighted by Gasteiger charge is 2.08. The summed E-state index contributed by atoms with van der Waals surface area (Å²) in [5.41, 5.74) is 1.83. The van der Waals surface area contributed by atoms with E-state index in [-0.39, 0.29) is 12.5 Å². The van der Waals surface area contributed by atoms with Crippen LogP contribution in [0.2, 0.25) is 0 Å². The molecule has 3 N–H and O–H groups in total. The number of hydrogen-bond acceptors (Lipinski definition) is 4. The van der Waals surface area contributed by atoms with E-state index in [1.807, 2.05) is 62.4 Å². The van der Waals surface area contributed by atoms with Crippen LogP contribution in [0.25, 0.3) is 0 Å². The SMILES string of the molecule is CCNC(=NCC(=O)NCc1ccccc1)Nc1ccc(OCC)c(OC)c1. The fraction of sp³-hybridized carbons (Fsp3) is 0.333. The summed E-state index contributed by atoms with van der Waals surface area (Å²) < 4.78 is 10.9. The van der Waals surface area contributed by atoms with E-state index in [1.165, 1.54) is 0 Å². The van der Waals surface area contributed by atoms with E-state index in [1.54, 1.807) is 7.11 Å². The quantitative estimate of drug-likeness (QED) is 0.457. The molecular formula is C21H28N4O3. The van der Waals surface area contributed by atoms with Crippen molar-refractivity contribution >= 4 is 17.6 Å². The van der Waals surface area contributed by atoms with Gasteiger partial charge in [-0.3, -0.25) is 4.79 Å². The minimum Gasteiger partial charge on any atom is -0.493 e. The minimum absolute atomic E-state index is 0.0241. The number of methoxy groups -OCH3 is 1. The van der Waals surface area contributed by atoms with Crippen LogP contribution in [0.5, 0.6) is 11.5 Å². The summed E-state index contributed by atoms with van der Waals surface area (Å²) >= 11 is 0. The predicted molar refractivity (Wildman–Crippen MR) is 112 cm³/mol. The molecule has 0 radical (unpaired) electrons. The normalized spacial score (nSPS) is 10.9. The Bertz CT molecular complexity index is 778. The summed E-state index contributed by atoms with van der Waals surface area (Å²) in [5, 5.41) is 9.16. The van der Waals surface area contributed by atoms with Crippen LogP contribution in [-0.2, 0) is 11.3 Å². The molecule has 2 aromatic rings. The average Bonchev–Trinajstić information content (AvgIpc) is 2.72. The highest BCUT2D eigenvalue weighted by molar-refractivity contribution is 5.95. The van der Waals surface area contributed by atoms with E-state index in [4.69, 9.17) is 9.47 Å². The Morgan fingerprint density at radius 2 is 1.82 bits per heavy atom. The number of rotatable bonds is 9. The summed E-state index contributed by atoms with van der Waals surface area (Å²) in [6.07, 6.45) is 0. The van der Waals surface area contributed by atoms with Gasteiger partial charge in [-0.25, -0.2) is 4.99 Å². The number of hydrogen-bond donors (Lipinski definition) is 3. The third kappa shape index (κ3) is 6.83. The number of guanidine groups is 1. The molecule has 0 aliphatic heterocycles. The van der Waals surface area contributed by atoms with E-state index in [0.29, 0.717) is 37.2 Å². The van der Waals surface area contributed by atoms with Crippen molar-refractivity contribution in [2.45, 2.75) is 20.4 Å². The lowest BCUT2D eigenvalue weighted by Gasteiger charge is -2.14. The van der Waals surface area contributed by atoms with E-state index < -0.39 is 0 Å². The summed E-state index contributed by atoms with van der Waals surface area (Å²) in [5.74, 6) is 1.68.